The van der Waals surface area contributed by atoms with E-state index in [1.54, 1.807) is 0 Å². The second-order valence-electron chi connectivity index (χ2n) is 9.13. The maximum Gasteiger partial charge on any atom is 0.220 e. The quantitative estimate of drug-likeness (QED) is 0.721. The molecule has 0 radical (unpaired) electrons. The normalized spacial score (nSPS) is 54.7. The Morgan fingerprint density at radius 2 is 1.86 bits per heavy atom. The monoisotopic (exact) mass is 305 g/mol. The molecule has 124 valence electrons. The van der Waals surface area contributed by atoms with Gasteiger partial charge in [0.1, 0.15) is 0 Å². The summed E-state index contributed by atoms with van der Waals surface area (Å²) in [7, 11) is 0. The summed E-state index contributed by atoms with van der Waals surface area (Å²) in [6.07, 6.45) is 10.00. The second kappa shape index (κ2) is 4.96. The number of aliphatic hydroxyl groups is 1. The van der Waals surface area contributed by atoms with Gasteiger partial charge in [-0.15, -0.1) is 0 Å². The first-order chi connectivity index (χ1) is 10.4. The highest BCUT2D eigenvalue weighted by Gasteiger charge is 2.57. The zero-order valence-corrected chi connectivity index (χ0v) is 14.1. The molecule has 22 heavy (non-hydrogen) atoms. The molecule has 0 bridgehead atoms. The first kappa shape index (κ1) is 15.0. The maximum absolute atomic E-state index is 11.9. The highest BCUT2D eigenvalue weighted by molar-refractivity contribution is 5.77. The number of hydrogen-bond acceptors (Lipinski definition) is 2. The van der Waals surface area contributed by atoms with Crippen LogP contribution in [-0.4, -0.2) is 22.7 Å². The molecule has 0 aromatic rings. The van der Waals surface area contributed by atoms with Crippen LogP contribution in [0.25, 0.3) is 0 Å². The molecule has 0 aromatic carbocycles. The van der Waals surface area contributed by atoms with Crippen LogP contribution in [0.2, 0.25) is 0 Å². The van der Waals surface area contributed by atoms with Gasteiger partial charge in [-0.3, -0.25) is 4.79 Å². The third-order valence-electron chi connectivity index (χ3n) is 8.14. The van der Waals surface area contributed by atoms with E-state index in [1.807, 2.05) is 0 Å². The van der Waals surface area contributed by atoms with Crippen molar-refractivity contribution in [3.05, 3.63) is 0 Å². The number of amides is 1. The number of fused-ring (bicyclic) bond motifs is 5. The van der Waals surface area contributed by atoms with E-state index in [1.165, 1.54) is 25.7 Å². The number of hydrogen-bond donors (Lipinski definition) is 2. The highest BCUT2D eigenvalue weighted by atomic mass is 16.3. The molecule has 1 amide bonds. The van der Waals surface area contributed by atoms with Crippen LogP contribution < -0.4 is 5.32 Å². The van der Waals surface area contributed by atoms with E-state index in [2.05, 4.69) is 19.2 Å². The van der Waals surface area contributed by atoms with Crippen molar-refractivity contribution in [3.8, 4) is 0 Å². The van der Waals surface area contributed by atoms with Gasteiger partial charge in [0.2, 0.25) is 5.91 Å². The van der Waals surface area contributed by atoms with Crippen LogP contribution in [0.1, 0.15) is 71.6 Å². The molecule has 1 heterocycles. The minimum atomic E-state index is -0.0579. The molecule has 3 saturated carbocycles. The van der Waals surface area contributed by atoms with Crippen molar-refractivity contribution >= 4 is 5.91 Å². The van der Waals surface area contributed by atoms with Gasteiger partial charge in [-0.2, -0.15) is 0 Å². The molecule has 4 rings (SSSR count). The van der Waals surface area contributed by atoms with E-state index in [4.69, 9.17) is 0 Å². The van der Waals surface area contributed by atoms with Crippen LogP contribution in [-0.2, 0) is 4.79 Å². The van der Waals surface area contributed by atoms with Crippen molar-refractivity contribution in [1.29, 1.82) is 0 Å². The summed E-state index contributed by atoms with van der Waals surface area (Å²) in [5.41, 5.74) is 0.485. The fourth-order valence-electron chi connectivity index (χ4n) is 6.91. The van der Waals surface area contributed by atoms with Crippen LogP contribution in [0.5, 0.6) is 0 Å². The van der Waals surface area contributed by atoms with Gasteiger partial charge in [0.15, 0.2) is 0 Å². The molecular formula is C19H31NO2. The molecule has 4 fully saturated rings. The molecule has 7 atom stereocenters. The lowest BCUT2D eigenvalue weighted by atomic mass is 9.45. The summed E-state index contributed by atoms with van der Waals surface area (Å²) in [4.78, 5) is 11.9. The summed E-state index contributed by atoms with van der Waals surface area (Å²) in [5.74, 6) is 3.26. The Hall–Kier alpha value is -0.570. The van der Waals surface area contributed by atoms with Crippen LogP contribution in [0, 0.1) is 29.1 Å². The first-order valence-corrected chi connectivity index (χ1v) is 9.41. The van der Waals surface area contributed by atoms with Crippen molar-refractivity contribution in [2.24, 2.45) is 29.1 Å². The van der Waals surface area contributed by atoms with Crippen molar-refractivity contribution in [3.63, 3.8) is 0 Å². The van der Waals surface area contributed by atoms with Crippen LogP contribution in [0.4, 0.5) is 0 Å². The molecule has 1 saturated heterocycles. The lowest BCUT2D eigenvalue weighted by molar-refractivity contribution is -0.142. The molecule has 0 spiro atoms. The number of nitrogens with one attached hydrogen (secondary N) is 1. The number of carbonyl (C=O) groups is 1. The standard InChI is InChI=1S/C19H31NO2/c1-18-9-7-13(21)11-12(18)3-4-14-15(18)8-10-19(2)16(14)5-6-17(22)20-19/h12-16,21H,3-11H2,1-2H3,(H,20,22)/t12-,13?,14?,15?,16?,18-,19-/m0/s1. The third kappa shape index (κ3) is 2.07. The molecule has 3 aliphatic carbocycles. The lowest BCUT2D eigenvalue weighted by Crippen LogP contribution is -2.63. The Kier molecular flexibility index (Phi) is 3.38. The number of carbonyl (C=O) groups excluding carboxylic acids is 1. The summed E-state index contributed by atoms with van der Waals surface area (Å²) < 4.78 is 0. The Balaban J connectivity index is 1.61. The molecule has 4 unspecified atom stereocenters. The van der Waals surface area contributed by atoms with Crippen molar-refractivity contribution in [2.45, 2.75) is 83.3 Å². The summed E-state index contributed by atoms with van der Waals surface area (Å²) in [5, 5.41) is 13.4. The van der Waals surface area contributed by atoms with Crippen molar-refractivity contribution in [2.75, 3.05) is 0 Å². The van der Waals surface area contributed by atoms with E-state index in [9.17, 15) is 9.90 Å². The van der Waals surface area contributed by atoms with E-state index in [0.717, 1.165) is 49.9 Å². The zero-order chi connectivity index (χ0) is 15.5. The van der Waals surface area contributed by atoms with Crippen LogP contribution in [0.3, 0.4) is 0 Å². The second-order valence-corrected chi connectivity index (χ2v) is 9.13. The number of aliphatic hydroxyl groups excluding tert-OH is 1. The minimum absolute atomic E-state index is 0.0495. The molecule has 3 nitrogen and oxygen atoms in total. The van der Waals surface area contributed by atoms with Gasteiger partial charge in [0, 0.05) is 12.0 Å². The van der Waals surface area contributed by atoms with Crippen LogP contribution >= 0.6 is 0 Å². The maximum atomic E-state index is 11.9. The van der Waals surface area contributed by atoms with E-state index >= 15 is 0 Å². The van der Waals surface area contributed by atoms with Crippen LogP contribution in [0.15, 0.2) is 0 Å². The van der Waals surface area contributed by atoms with E-state index in [0.29, 0.717) is 11.3 Å². The zero-order valence-electron chi connectivity index (χ0n) is 14.1. The highest BCUT2D eigenvalue weighted by Crippen LogP contribution is 2.62. The number of rotatable bonds is 0. The fourth-order valence-corrected chi connectivity index (χ4v) is 6.91. The Labute approximate surface area is 134 Å². The number of piperidine rings is 1. The lowest BCUT2D eigenvalue weighted by Gasteiger charge is -2.62. The summed E-state index contributed by atoms with van der Waals surface area (Å²) in [6, 6.07) is 0. The molecule has 4 aliphatic rings. The first-order valence-electron chi connectivity index (χ1n) is 9.41. The average molecular weight is 305 g/mol. The van der Waals surface area contributed by atoms with Gasteiger partial charge in [0.05, 0.1) is 6.10 Å². The fraction of sp³-hybridized carbons (Fsp3) is 0.947. The van der Waals surface area contributed by atoms with Gasteiger partial charge in [-0.1, -0.05) is 6.92 Å². The largest absolute Gasteiger partial charge is 0.393 e. The van der Waals surface area contributed by atoms with Crippen molar-refractivity contribution in [1.82, 2.24) is 5.32 Å². The Morgan fingerprint density at radius 3 is 2.68 bits per heavy atom. The minimum Gasteiger partial charge on any atom is -0.393 e. The molecular weight excluding hydrogens is 274 g/mol. The predicted molar refractivity (Wildman–Crippen MR) is 86.2 cm³/mol. The SMILES string of the molecule is C[C@]12CCC3C(CC[C@H]4CC(O)CC[C@]34C)C1CCC(=O)N2. The summed E-state index contributed by atoms with van der Waals surface area (Å²) >= 11 is 0. The molecule has 0 aromatic heterocycles. The summed E-state index contributed by atoms with van der Waals surface area (Å²) in [6.45, 7) is 4.81. The Morgan fingerprint density at radius 1 is 1.05 bits per heavy atom. The van der Waals surface area contributed by atoms with Gasteiger partial charge in [-0.25, -0.2) is 0 Å². The Bertz CT molecular complexity index is 478. The molecule has 1 aliphatic heterocycles. The van der Waals surface area contributed by atoms with Gasteiger partial charge in [-0.05, 0) is 87.4 Å². The van der Waals surface area contributed by atoms with Gasteiger partial charge >= 0.3 is 0 Å². The van der Waals surface area contributed by atoms with Gasteiger partial charge < -0.3 is 10.4 Å². The van der Waals surface area contributed by atoms with Gasteiger partial charge in [0.25, 0.3) is 0 Å². The topological polar surface area (TPSA) is 49.3 Å². The smallest absolute Gasteiger partial charge is 0.220 e. The van der Waals surface area contributed by atoms with E-state index in [-0.39, 0.29) is 17.6 Å². The predicted octanol–water partition coefficient (Wildman–Crippen LogP) is 3.26. The molecule has 2 N–H and O–H groups in total. The average Bonchev–Trinajstić information content (AvgIpc) is 2.46. The third-order valence-corrected chi connectivity index (χ3v) is 8.14. The molecule has 3 heteroatoms. The van der Waals surface area contributed by atoms with Crippen molar-refractivity contribution < 1.29 is 9.90 Å². The van der Waals surface area contributed by atoms with E-state index < -0.39 is 0 Å².